The molecule has 102 valence electrons. The summed E-state index contributed by atoms with van der Waals surface area (Å²) in [5.41, 5.74) is 1.92. The van der Waals surface area contributed by atoms with Crippen LogP contribution in [0.25, 0.3) is 0 Å². The average molecular weight is 251 g/mol. The highest BCUT2D eigenvalue weighted by molar-refractivity contribution is 5.60. The Morgan fingerprint density at radius 3 is 2.33 bits per heavy atom. The fourth-order valence-corrected chi connectivity index (χ4v) is 2.47. The summed E-state index contributed by atoms with van der Waals surface area (Å²) < 4.78 is 5.36. The summed E-state index contributed by atoms with van der Waals surface area (Å²) in [5, 5.41) is 9.99. The van der Waals surface area contributed by atoms with Gasteiger partial charge in [-0.1, -0.05) is 19.9 Å². The van der Waals surface area contributed by atoms with E-state index < -0.39 is 6.10 Å². The van der Waals surface area contributed by atoms with Crippen molar-refractivity contribution >= 4 is 5.69 Å². The van der Waals surface area contributed by atoms with Crippen molar-refractivity contribution in [3.05, 3.63) is 23.8 Å². The van der Waals surface area contributed by atoms with Gasteiger partial charge in [0.25, 0.3) is 0 Å². The van der Waals surface area contributed by atoms with E-state index in [-0.39, 0.29) is 0 Å². The van der Waals surface area contributed by atoms with Crippen molar-refractivity contribution in [3.63, 3.8) is 0 Å². The molecule has 0 heterocycles. The number of ether oxygens (including phenoxy) is 1. The van der Waals surface area contributed by atoms with Crippen LogP contribution in [0, 0.1) is 0 Å². The second-order valence-electron chi connectivity index (χ2n) is 4.65. The van der Waals surface area contributed by atoms with Crippen LogP contribution in [-0.4, -0.2) is 25.3 Å². The molecule has 1 atom stereocenters. The zero-order chi connectivity index (χ0) is 13.7. The van der Waals surface area contributed by atoms with Gasteiger partial charge in [0.2, 0.25) is 0 Å². The van der Waals surface area contributed by atoms with Crippen LogP contribution >= 0.6 is 0 Å². The van der Waals surface area contributed by atoms with Crippen molar-refractivity contribution in [2.75, 3.05) is 19.1 Å². The minimum absolute atomic E-state index is 0.481. The summed E-state index contributed by atoms with van der Waals surface area (Å²) in [4.78, 5) is 2.24. The second kappa shape index (κ2) is 6.64. The molecule has 0 aliphatic carbocycles. The first-order valence-corrected chi connectivity index (χ1v) is 6.64. The lowest BCUT2D eigenvalue weighted by Gasteiger charge is -2.31. The van der Waals surface area contributed by atoms with Crippen LogP contribution in [0.2, 0.25) is 0 Å². The van der Waals surface area contributed by atoms with Crippen molar-refractivity contribution in [2.45, 2.75) is 45.8 Å². The van der Waals surface area contributed by atoms with Crippen LogP contribution in [0.15, 0.2) is 18.2 Å². The molecule has 1 aromatic carbocycles. The Hall–Kier alpha value is -1.22. The largest absolute Gasteiger partial charge is 0.496 e. The number of nitrogens with zero attached hydrogens (tertiary/aromatic N) is 1. The first kappa shape index (κ1) is 14.8. The molecular weight excluding hydrogens is 226 g/mol. The molecule has 0 aliphatic heterocycles. The van der Waals surface area contributed by atoms with E-state index in [2.05, 4.69) is 25.8 Å². The number of rotatable bonds is 6. The third-order valence-corrected chi connectivity index (χ3v) is 3.55. The van der Waals surface area contributed by atoms with E-state index in [0.29, 0.717) is 6.04 Å². The zero-order valence-corrected chi connectivity index (χ0v) is 12.1. The average Bonchev–Trinajstić information content (AvgIpc) is 2.38. The summed E-state index contributed by atoms with van der Waals surface area (Å²) in [6, 6.07) is 6.39. The number of aliphatic hydroxyl groups is 1. The van der Waals surface area contributed by atoms with E-state index in [1.165, 1.54) is 0 Å². The predicted molar refractivity (Wildman–Crippen MR) is 76.4 cm³/mol. The molecule has 1 rings (SSSR count). The van der Waals surface area contributed by atoms with Crippen LogP contribution in [0.5, 0.6) is 5.75 Å². The monoisotopic (exact) mass is 251 g/mol. The SMILES string of the molecule is CCC(CC)N(C)c1cccc(OC)c1C(C)O. The summed E-state index contributed by atoms with van der Waals surface area (Å²) in [6.45, 7) is 6.15. The molecule has 0 aromatic heterocycles. The topological polar surface area (TPSA) is 32.7 Å². The van der Waals surface area contributed by atoms with Crippen LogP contribution in [-0.2, 0) is 0 Å². The Kier molecular flexibility index (Phi) is 5.48. The molecule has 0 saturated carbocycles. The Morgan fingerprint density at radius 1 is 1.28 bits per heavy atom. The summed E-state index contributed by atoms with van der Waals surface area (Å²) in [5.74, 6) is 0.750. The summed E-state index contributed by atoms with van der Waals surface area (Å²) in [7, 11) is 3.72. The van der Waals surface area contributed by atoms with Gasteiger partial charge in [0, 0.05) is 24.3 Å². The Labute approximate surface area is 110 Å². The van der Waals surface area contributed by atoms with Crippen molar-refractivity contribution < 1.29 is 9.84 Å². The van der Waals surface area contributed by atoms with Crippen LogP contribution < -0.4 is 9.64 Å². The lowest BCUT2D eigenvalue weighted by atomic mass is 10.0. The molecule has 0 radical (unpaired) electrons. The molecular formula is C15H25NO2. The first-order valence-electron chi connectivity index (χ1n) is 6.64. The zero-order valence-electron chi connectivity index (χ0n) is 12.1. The molecule has 0 saturated heterocycles. The lowest BCUT2D eigenvalue weighted by molar-refractivity contribution is 0.194. The Bertz CT molecular complexity index is 373. The van der Waals surface area contributed by atoms with Gasteiger partial charge < -0.3 is 14.7 Å². The van der Waals surface area contributed by atoms with Gasteiger partial charge in [0.05, 0.1) is 13.2 Å². The molecule has 1 N–H and O–H groups in total. The van der Waals surface area contributed by atoms with Crippen LogP contribution in [0.4, 0.5) is 5.69 Å². The third-order valence-electron chi connectivity index (χ3n) is 3.55. The number of anilines is 1. The van der Waals surface area contributed by atoms with Gasteiger partial charge in [-0.25, -0.2) is 0 Å². The molecule has 3 nitrogen and oxygen atoms in total. The molecule has 3 heteroatoms. The maximum Gasteiger partial charge on any atom is 0.126 e. The van der Waals surface area contributed by atoms with E-state index in [9.17, 15) is 5.11 Å². The van der Waals surface area contributed by atoms with Gasteiger partial charge in [0.1, 0.15) is 5.75 Å². The molecule has 1 aromatic rings. The van der Waals surface area contributed by atoms with E-state index in [1.807, 2.05) is 18.2 Å². The molecule has 0 spiro atoms. The molecule has 0 amide bonds. The predicted octanol–water partition coefficient (Wildman–Crippen LogP) is 3.37. The van der Waals surface area contributed by atoms with Crippen molar-refractivity contribution in [2.24, 2.45) is 0 Å². The third kappa shape index (κ3) is 2.96. The molecule has 0 fully saturated rings. The highest BCUT2D eigenvalue weighted by atomic mass is 16.5. The number of hydrogen-bond acceptors (Lipinski definition) is 3. The highest BCUT2D eigenvalue weighted by Gasteiger charge is 2.20. The maximum absolute atomic E-state index is 9.99. The van der Waals surface area contributed by atoms with Crippen LogP contribution in [0.3, 0.4) is 0 Å². The molecule has 18 heavy (non-hydrogen) atoms. The standard InChI is InChI=1S/C15H25NO2/c1-6-12(7-2)16(4)13-9-8-10-14(18-5)15(13)11(3)17/h8-12,17H,6-7H2,1-5H3. The highest BCUT2D eigenvalue weighted by Crippen LogP contribution is 2.35. The smallest absolute Gasteiger partial charge is 0.126 e. The van der Waals surface area contributed by atoms with E-state index >= 15 is 0 Å². The minimum atomic E-state index is -0.534. The Morgan fingerprint density at radius 2 is 1.89 bits per heavy atom. The fraction of sp³-hybridized carbons (Fsp3) is 0.600. The van der Waals surface area contributed by atoms with Crippen molar-refractivity contribution in [1.29, 1.82) is 0 Å². The normalized spacial score (nSPS) is 12.6. The van der Waals surface area contributed by atoms with Gasteiger partial charge in [-0.15, -0.1) is 0 Å². The van der Waals surface area contributed by atoms with Gasteiger partial charge in [-0.05, 0) is 31.9 Å². The molecule has 0 aliphatic rings. The van der Waals surface area contributed by atoms with Gasteiger partial charge in [-0.3, -0.25) is 0 Å². The minimum Gasteiger partial charge on any atom is -0.496 e. The second-order valence-corrected chi connectivity index (χ2v) is 4.65. The van der Waals surface area contributed by atoms with E-state index in [1.54, 1.807) is 14.0 Å². The summed E-state index contributed by atoms with van der Waals surface area (Å²) >= 11 is 0. The van der Waals surface area contributed by atoms with E-state index in [4.69, 9.17) is 4.74 Å². The van der Waals surface area contributed by atoms with Gasteiger partial charge >= 0.3 is 0 Å². The van der Waals surface area contributed by atoms with Gasteiger partial charge in [-0.2, -0.15) is 0 Å². The Balaban J connectivity index is 3.22. The molecule has 0 bridgehead atoms. The molecule has 1 unspecified atom stereocenters. The number of methoxy groups -OCH3 is 1. The fourth-order valence-electron chi connectivity index (χ4n) is 2.47. The number of hydrogen-bond donors (Lipinski definition) is 1. The number of benzene rings is 1. The quantitative estimate of drug-likeness (QED) is 0.841. The number of aliphatic hydroxyl groups excluding tert-OH is 1. The van der Waals surface area contributed by atoms with Crippen molar-refractivity contribution in [3.8, 4) is 5.75 Å². The maximum atomic E-state index is 9.99. The van der Waals surface area contributed by atoms with Gasteiger partial charge in [0.15, 0.2) is 0 Å². The van der Waals surface area contributed by atoms with Crippen LogP contribution in [0.1, 0.15) is 45.3 Å². The summed E-state index contributed by atoms with van der Waals surface area (Å²) in [6.07, 6.45) is 1.64. The lowest BCUT2D eigenvalue weighted by Crippen LogP contribution is -2.31. The van der Waals surface area contributed by atoms with Crippen molar-refractivity contribution in [1.82, 2.24) is 0 Å². The van der Waals surface area contributed by atoms with E-state index in [0.717, 1.165) is 29.8 Å². The first-order chi connectivity index (χ1) is 8.56.